The number of rotatable bonds is 0. The average molecular weight is 180 g/mol. The Morgan fingerprint density at radius 3 is 1.42 bits per heavy atom. The van der Waals surface area contributed by atoms with E-state index in [0.717, 1.165) is 6.26 Å². The first-order chi connectivity index (χ1) is 5.53. The third-order valence-electron chi connectivity index (χ3n) is 1.43. The molecule has 0 radical (unpaired) electrons. The fourth-order valence-electron chi connectivity index (χ4n) is 0.663. The lowest BCUT2D eigenvalue weighted by molar-refractivity contribution is 0.611. The first kappa shape index (κ1) is 8.82. The molecule has 0 spiro atoms. The molecule has 0 bridgehead atoms. The molecule has 2 nitrogen and oxygen atoms in total. The quantitative estimate of drug-likeness (QED) is 0.452. The Labute approximate surface area is 72.2 Å². The lowest BCUT2D eigenvalue weighted by Crippen LogP contribution is -1.86. The minimum Gasteiger partial charge on any atom is -0.216 e. The van der Waals surface area contributed by atoms with Gasteiger partial charge in [0.05, 0.1) is 6.26 Å². The standard InChI is InChI=1S/C6H4.C3H4O2S/c1-2-6-4-3-5(1)6;1-3-6(2,4)5/h1-4H;1H,2H3. The predicted octanol–water partition coefficient (Wildman–Crippen LogP) is 1.29. The summed E-state index contributed by atoms with van der Waals surface area (Å²) in [5.74, 6) is 0. The summed E-state index contributed by atoms with van der Waals surface area (Å²) >= 11 is 0. The van der Waals surface area contributed by atoms with Gasteiger partial charge in [-0.15, -0.1) is 6.42 Å². The van der Waals surface area contributed by atoms with E-state index in [2.05, 4.69) is 30.7 Å². The van der Waals surface area contributed by atoms with Crippen molar-refractivity contribution in [1.29, 1.82) is 0 Å². The van der Waals surface area contributed by atoms with Gasteiger partial charge in [0.15, 0.2) is 0 Å². The maximum absolute atomic E-state index is 9.76. The third-order valence-corrected chi connectivity index (χ3v) is 1.86. The summed E-state index contributed by atoms with van der Waals surface area (Å²) in [6.45, 7) is 0. The van der Waals surface area contributed by atoms with Crippen LogP contribution in [0.2, 0.25) is 0 Å². The molecule has 0 heterocycles. The fraction of sp³-hybridized carbons (Fsp3) is 0.111. The maximum atomic E-state index is 9.76. The highest BCUT2D eigenvalue weighted by atomic mass is 32.2. The van der Waals surface area contributed by atoms with Crippen molar-refractivity contribution in [3.63, 3.8) is 0 Å². The maximum Gasteiger partial charge on any atom is 0.213 e. The molecular weight excluding hydrogens is 172 g/mol. The number of fused-ring (bicyclic) bond motifs is 1. The number of hydrogen-bond donors (Lipinski definition) is 0. The van der Waals surface area contributed by atoms with Gasteiger partial charge in [0.25, 0.3) is 0 Å². The molecule has 12 heavy (non-hydrogen) atoms. The lowest BCUT2D eigenvalue weighted by atomic mass is 9.95. The van der Waals surface area contributed by atoms with Gasteiger partial charge in [0.1, 0.15) is 0 Å². The normalized spacial score (nSPS) is 10.7. The van der Waals surface area contributed by atoms with E-state index >= 15 is 0 Å². The molecule has 0 aromatic heterocycles. The molecule has 0 N–H and O–H groups in total. The van der Waals surface area contributed by atoms with Gasteiger partial charge in [0, 0.05) is 5.25 Å². The van der Waals surface area contributed by atoms with Gasteiger partial charge in [-0.05, 0) is 11.1 Å². The van der Waals surface area contributed by atoms with Crippen molar-refractivity contribution in [2.45, 2.75) is 0 Å². The van der Waals surface area contributed by atoms with Gasteiger partial charge in [-0.2, -0.15) is 0 Å². The van der Waals surface area contributed by atoms with Crippen LogP contribution >= 0.6 is 0 Å². The average Bonchev–Trinajstić information content (AvgIpc) is 1.96. The Kier molecular flexibility index (Phi) is 2.20. The van der Waals surface area contributed by atoms with Gasteiger partial charge in [-0.3, -0.25) is 0 Å². The summed E-state index contributed by atoms with van der Waals surface area (Å²) in [6, 6.07) is 8.48. The minimum absolute atomic E-state index is 0.979. The van der Waals surface area contributed by atoms with Crippen molar-refractivity contribution in [3.05, 3.63) is 24.3 Å². The van der Waals surface area contributed by atoms with E-state index < -0.39 is 9.84 Å². The van der Waals surface area contributed by atoms with Gasteiger partial charge >= 0.3 is 0 Å². The molecule has 2 rings (SSSR count). The van der Waals surface area contributed by atoms with E-state index in [9.17, 15) is 8.42 Å². The van der Waals surface area contributed by atoms with Crippen LogP contribution in [0.5, 0.6) is 0 Å². The first-order valence-electron chi connectivity index (χ1n) is 3.31. The highest BCUT2D eigenvalue weighted by Crippen LogP contribution is 2.29. The van der Waals surface area contributed by atoms with Crippen LogP contribution in [-0.2, 0) is 9.84 Å². The lowest BCUT2D eigenvalue weighted by Gasteiger charge is -2.10. The van der Waals surface area contributed by atoms with Crippen LogP contribution in [0.3, 0.4) is 0 Å². The van der Waals surface area contributed by atoms with Crippen LogP contribution in [0.25, 0.3) is 11.1 Å². The number of hydrogen-bond acceptors (Lipinski definition) is 2. The molecule has 0 saturated heterocycles. The van der Waals surface area contributed by atoms with Crippen molar-refractivity contribution < 1.29 is 8.42 Å². The van der Waals surface area contributed by atoms with Crippen LogP contribution in [0, 0.1) is 11.7 Å². The van der Waals surface area contributed by atoms with E-state index in [1.54, 1.807) is 5.25 Å². The molecule has 3 heteroatoms. The Bertz CT molecular complexity index is 386. The Hall–Kier alpha value is -1.27. The molecule has 0 aromatic rings. The number of terminal acetylenes is 1. The number of benzene rings is 1. The van der Waals surface area contributed by atoms with E-state index in [4.69, 9.17) is 0 Å². The number of sulfone groups is 1. The highest BCUT2D eigenvalue weighted by molar-refractivity contribution is 7.95. The molecule has 62 valence electrons. The molecule has 0 fully saturated rings. The van der Waals surface area contributed by atoms with Crippen molar-refractivity contribution in [3.8, 4) is 22.8 Å². The largest absolute Gasteiger partial charge is 0.216 e. The van der Waals surface area contributed by atoms with Gasteiger partial charge in [-0.1, -0.05) is 24.3 Å². The summed E-state index contributed by atoms with van der Waals surface area (Å²) in [5, 5.41) is 1.58. The molecule has 0 saturated carbocycles. The van der Waals surface area contributed by atoms with Gasteiger partial charge in [-0.25, -0.2) is 8.42 Å². The van der Waals surface area contributed by atoms with Gasteiger partial charge < -0.3 is 0 Å². The van der Waals surface area contributed by atoms with Crippen LogP contribution in [0.15, 0.2) is 24.3 Å². The summed E-state index contributed by atoms with van der Waals surface area (Å²) in [7, 11) is -3.13. The third kappa shape index (κ3) is 2.11. The summed E-state index contributed by atoms with van der Waals surface area (Å²) < 4.78 is 19.5. The van der Waals surface area contributed by atoms with Crippen LogP contribution in [-0.4, -0.2) is 14.7 Å². The van der Waals surface area contributed by atoms with Crippen molar-refractivity contribution in [2.24, 2.45) is 0 Å². The molecular formula is C9H8O2S. The van der Waals surface area contributed by atoms with E-state index in [-0.39, 0.29) is 0 Å². The molecule has 2 aliphatic rings. The second-order valence-electron chi connectivity index (χ2n) is 2.47. The summed E-state index contributed by atoms with van der Waals surface area (Å²) in [6.07, 6.45) is 5.45. The molecule has 0 atom stereocenters. The molecule has 0 aliphatic heterocycles. The Morgan fingerprint density at radius 1 is 1.17 bits per heavy atom. The first-order valence-corrected chi connectivity index (χ1v) is 5.20. The molecule has 0 unspecified atom stereocenters. The SMILES string of the molecule is C#CS(C)(=O)=O.c1cc2ccc1-2. The zero-order valence-corrected chi connectivity index (χ0v) is 7.43. The van der Waals surface area contributed by atoms with Crippen molar-refractivity contribution in [2.75, 3.05) is 6.26 Å². The minimum atomic E-state index is -3.13. The fourth-order valence-corrected chi connectivity index (χ4v) is 0.663. The Balaban J connectivity index is 0.000000120. The molecule has 0 aromatic carbocycles. The Morgan fingerprint density at radius 2 is 1.42 bits per heavy atom. The van der Waals surface area contributed by atoms with E-state index in [1.807, 2.05) is 0 Å². The zero-order valence-electron chi connectivity index (χ0n) is 6.61. The zero-order chi connectivity index (χ0) is 9.19. The molecule has 0 amide bonds. The topological polar surface area (TPSA) is 34.1 Å². The molecule has 2 aliphatic carbocycles. The van der Waals surface area contributed by atoms with E-state index in [0.29, 0.717) is 0 Å². The van der Waals surface area contributed by atoms with E-state index in [1.165, 1.54) is 11.1 Å². The van der Waals surface area contributed by atoms with Crippen molar-refractivity contribution >= 4 is 9.84 Å². The van der Waals surface area contributed by atoms with Crippen molar-refractivity contribution in [1.82, 2.24) is 0 Å². The van der Waals surface area contributed by atoms with Gasteiger partial charge in [0.2, 0.25) is 9.84 Å². The predicted molar refractivity (Wildman–Crippen MR) is 49.1 cm³/mol. The highest BCUT2D eigenvalue weighted by Gasteiger charge is 2.03. The monoisotopic (exact) mass is 180 g/mol. The second-order valence-corrected chi connectivity index (χ2v) is 4.25. The van der Waals surface area contributed by atoms with Crippen LogP contribution < -0.4 is 0 Å². The summed E-state index contributed by atoms with van der Waals surface area (Å²) in [4.78, 5) is 0. The van der Waals surface area contributed by atoms with Crippen LogP contribution in [0.1, 0.15) is 0 Å². The second kappa shape index (κ2) is 3.00. The summed E-state index contributed by atoms with van der Waals surface area (Å²) in [5.41, 5.74) is 2.85. The smallest absolute Gasteiger partial charge is 0.213 e. The van der Waals surface area contributed by atoms with Crippen LogP contribution in [0.4, 0.5) is 0 Å².